The largest absolute Gasteiger partial charge is 0.462 e. The van der Waals surface area contributed by atoms with E-state index in [1.54, 1.807) is 18.2 Å². The van der Waals surface area contributed by atoms with E-state index in [1.165, 1.54) is 77.0 Å². The lowest BCUT2D eigenvalue weighted by Crippen LogP contribution is -2.10. The summed E-state index contributed by atoms with van der Waals surface area (Å²) >= 11 is 3.39. The first-order valence-corrected chi connectivity index (χ1v) is 14.0. The monoisotopic (exact) mass is 524 g/mol. The number of esters is 2. The molecule has 4 nitrogen and oxygen atoms in total. The van der Waals surface area contributed by atoms with Crippen LogP contribution in [0.3, 0.4) is 0 Å². The highest BCUT2D eigenvalue weighted by atomic mass is 79.9. The molecule has 0 fully saturated rings. The molecule has 0 atom stereocenters. The van der Waals surface area contributed by atoms with E-state index < -0.39 is 11.9 Å². The molecule has 1 aromatic carbocycles. The molecule has 0 saturated heterocycles. The highest BCUT2D eigenvalue weighted by Crippen LogP contribution is 2.18. The van der Waals surface area contributed by atoms with Gasteiger partial charge in [0.2, 0.25) is 0 Å². The van der Waals surface area contributed by atoms with Gasteiger partial charge < -0.3 is 9.47 Å². The number of hydrogen-bond donors (Lipinski definition) is 0. The fraction of sp³-hybridized carbons (Fsp3) is 0.714. The van der Waals surface area contributed by atoms with Gasteiger partial charge in [-0.15, -0.1) is 0 Å². The van der Waals surface area contributed by atoms with Crippen molar-refractivity contribution in [3.63, 3.8) is 0 Å². The Kier molecular flexibility index (Phi) is 18.0. The van der Waals surface area contributed by atoms with Crippen LogP contribution in [0.4, 0.5) is 0 Å². The zero-order valence-corrected chi connectivity index (χ0v) is 22.6. The first kappa shape index (κ1) is 29.7. The Morgan fingerprint density at radius 2 is 0.909 bits per heavy atom. The quantitative estimate of drug-likeness (QED) is 0.126. The van der Waals surface area contributed by atoms with Gasteiger partial charge in [0.1, 0.15) is 0 Å². The van der Waals surface area contributed by atoms with Crippen LogP contribution >= 0.6 is 15.9 Å². The topological polar surface area (TPSA) is 52.6 Å². The first-order chi connectivity index (χ1) is 16.1. The summed E-state index contributed by atoms with van der Waals surface area (Å²) in [4.78, 5) is 24.8. The number of benzene rings is 1. The second-order valence-corrected chi connectivity index (χ2v) is 9.87. The summed E-state index contributed by atoms with van der Waals surface area (Å²) in [5.74, 6) is -0.785. The third kappa shape index (κ3) is 15.2. The van der Waals surface area contributed by atoms with Gasteiger partial charge in [0.05, 0.1) is 24.3 Å². The smallest absolute Gasteiger partial charge is 0.338 e. The fourth-order valence-electron chi connectivity index (χ4n) is 3.79. The van der Waals surface area contributed by atoms with Crippen molar-refractivity contribution in [2.75, 3.05) is 13.2 Å². The van der Waals surface area contributed by atoms with Crippen LogP contribution < -0.4 is 0 Å². The van der Waals surface area contributed by atoms with Crippen LogP contribution in [0, 0.1) is 0 Å². The second-order valence-electron chi connectivity index (χ2n) is 8.95. The Balaban J connectivity index is 2.27. The van der Waals surface area contributed by atoms with Crippen molar-refractivity contribution < 1.29 is 19.1 Å². The third-order valence-corrected chi connectivity index (χ3v) is 6.29. The molecule has 0 spiro atoms. The number of carbonyl (C=O) groups is 2. The Morgan fingerprint density at radius 3 is 1.27 bits per heavy atom. The van der Waals surface area contributed by atoms with E-state index in [0.717, 1.165) is 25.7 Å². The van der Waals surface area contributed by atoms with E-state index in [1.807, 2.05) is 0 Å². The van der Waals surface area contributed by atoms with Gasteiger partial charge in [-0.05, 0) is 31.0 Å². The first-order valence-electron chi connectivity index (χ1n) is 13.2. The van der Waals surface area contributed by atoms with Gasteiger partial charge in [0.25, 0.3) is 0 Å². The minimum Gasteiger partial charge on any atom is -0.462 e. The van der Waals surface area contributed by atoms with E-state index in [0.29, 0.717) is 28.8 Å². The number of rotatable bonds is 20. The Labute approximate surface area is 210 Å². The van der Waals surface area contributed by atoms with Gasteiger partial charge in [-0.1, -0.05) is 120 Å². The molecule has 0 unspecified atom stereocenters. The zero-order valence-electron chi connectivity index (χ0n) is 21.0. The van der Waals surface area contributed by atoms with Crippen LogP contribution in [0.15, 0.2) is 22.7 Å². The van der Waals surface area contributed by atoms with Crippen molar-refractivity contribution in [2.24, 2.45) is 0 Å². The predicted molar refractivity (Wildman–Crippen MR) is 140 cm³/mol. The van der Waals surface area contributed by atoms with Crippen molar-refractivity contribution in [3.05, 3.63) is 33.8 Å². The molecule has 0 amide bonds. The molecule has 1 rings (SSSR count). The molecule has 0 aliphatic carbocycles. The molecule has 188 valence electrons. The lowest BCUT2D eigenvalue weighted by Gasteiger charge is -2.09. The van der Waals surface area contributed by atoms with Gasteiger partial charge in [-0.2, -0.15) is 0 Å². The van der Waals surface area contributed by atoms with Crippen LogP contribution in [0.1, 0.15) is 137 Å². The van der Waals surface area contributed by atoms with E-state index >= 15 is 0 Å². The molecule has 0 N–H and O–H groups in total. The molecule has 33 heavy (non-hydrogen) atoms. The molecule has 5 heteroatoms. The summed E-state index contributed by atoms with van der Waals surface area (Å²) in [6.07, 6.45) is 19.2. The molecule has 0 bridgehead atoms. The maximum Gasteiger partial charge on any atom is 0.338 e. The van der Waals surface area contributed by atoms with Crippen molar-refractivity contribution in [2.45, 2.75) is 117 Å². The predicted octanol–water partition coefficient (Wildman–Crippen LogP) is 9.04. The number of ether oxygens (including phenoxy) is 2. The molecule has 0 aromatic heterocycles. The number of halogens is 1. The number of unbranched alkanes of at least 4 members (excludes halogenated alkanes) is 14. The van der Waals surface area contributed by atoms with Gasteiger partial charge >= 0.3 is 11.9 Å². The molecule has 0 radical (unpaired) electrons. The summed E-state index contributed by atoms with van der Waals surface area (Å²) < 4.78 is 11.5. The van der Waals surface area contributed by atoms with Crippen molar-refractivity contribution in [1.82, 2.24) is 0 Å². The normalized spacial score (nSPS) is 10.9. The van der Waals surface area contributed by atoms with Gasteiger partial charge in [0, 0.05) is 4.47 Å². The standard InChI is InChI=1S/C28H45BrO4/c1-3-5-7-9-11-13-15-17-19-32-27(30)24-21-25(23-26(29)22-24)28(31)33-20-18-16-14-12-10-8-6-4-2/h21-23H,3-20H2,1-2H3. The number of hydrogen-bond acceptors (Lipinski definition) is 4. The average Bonchev–Trinajstić information content (AvgIpc) is 2.81. The molecule has 0 saturated carbocycles. The molecule has 1 aromatic rings. The fourth-order valence-corrected chi connectivity index (χ4v) is 4.29. The molecular weight excluding hydrogens is 480 g/mol. The Bertz CT molecular complexity index is 607. The van der Waals surface area contributed by atoms with Crippen molar-refractivity contribution in [3.8, 4) is 0 Å². The van der Waals surface area contributed by atoms with Crippen LogP contribution in [-0.2, 0) is 9.47 Å². The van der Waals surface area contributed by atoms with Gasteiger partial charge in [0.15, 0.2) is 0 Å². The van der Waals surface area contributed by atoms with E-state index in [9.17, 15) is 9.59 Å². The molecule has 0 heterocycles. The maximum absolute atomic E-state index is 12.4. The summed E-state index contributed by atoms with van der Waals surface area (Å²) in [7, 11) is 0. The van der Waals surface area contributed by atoms with Crippen LogP contribution in [0.2, 0.25) is 0 Å². The van der Waals surface area contributed by atoms with Gasteiger partial charge in [-0.25, -0.2) is 9.59 Å². The lowest BCUT2D eigenvalue weighted by atomic mass is 10.1. The summed E-state index contributed by atoms with van der Waals surface area (Å²) in [5.41, 5.74) is 0.755. The highest BCUT2D eigenvalue weighted by Gasteiger charge is 2.14. The lowest BCUT2D eigenvalue weighted by molar-refractivity contribution is 0.0496. The van der Waals surface area contributed by atoms with Crippen LogP contribution in [0.5, 0.6) is 0 Å². The van der Waals surface area contributed by atoms with E-state index in [-0.39, 0.29) is 0 Å². The summed E-state index contributed by atoms with van der Waals surface area (Å²) in [6.45, 7) is 5.28. The molecular formula is C28H45BrO4. The van der Waals surface area contributed by atoms with E-state index in [4.69, 9.17) is 9.47 Å². The van der Waals surface area contributed by atoms with Crippen molar-refractivity contribution >= 4 is 27.9 Å². The highest BCUT2D eigenvalue weighted by molar-refractivity contribution is 9.10. The third-order valence-electron chi connectivity index (χ3n) is 5.83. The van der Waals surface area contributed by atoms with Crippen LogP contribution in [-0.4, -0.2) is 25.2 Å². The summed E-state index contributed by atoms with van der Waals surface area (Å²) in [6, 6.07) is 4.94. The minimum absolute atomic E-state index is 0.378. The molecule has 0 aliphatic heterocycles. The molecule has 0 aliphatic rings. The summed E-state index contributed by atoms with van der Waals surface area (Å²) in [5, 5.41) is 0. The number of carbonyl (C=O) groups excluding carboxylic acids is 2. The Morgan fingerprint density at radius 1 is 0.576 bits per heavy atom. The SMILES string of the molecule is CCCCCCCCCCOC(=O)c1cc(Br)cc(C(=O)OCCCCCCCCCC)c1. The zero-order chi connectivity index (χ0) is 24.2. The Hall–Kier alpha value is -1.36. The van der Waals surface area contributed by atoms with E-state index in [2.05, 4.69) is 29.8 Å². The minimum atomic E-state index is -0.392. The maximum atomic E-state index is 12.4. The van der Waals surface area contributed by atoms with Crippen LogP contribution in [0.25, 0.3) is 0 Å². The average molecular weight is 526 g/mol. The second kappa shape index (κ2) is 20.1. The van der Waals surface area contributed by atoms with Gasteiger partial charge in [-0.3, -0.25) is 0 Å². The van der Waals surface area contributed by atoms with Crippen molar-refractivity contribution in [1.29, 1.82) is 0 Å².